The second kappa shape index (κ2) is 4.00. The molecule has 0 amide bonds. The summed E-state index contributed by atoms with van der Waals surface area (Å²) >= 11 is 0. The van der Waals surface area contributed by atoms with Crippen molar-refractivity contribution in [3.63, 3.8) is 0 Å². The summed E-state index contributed by atoms with van der Waals surface area (Å²) < 4.78 is 6.44. The molecule has 16 heavy (non-hydrogen) atoms. The predicted molar refractivity (Wildman–Crippen MR) is 62.1 cm³/mol. The van der Waals surface area contributed by atoms with Crippen molar-refractivity contribution in [2.75, 3.05) is 7.11 Å². The Kier molecular flexibility index (Phi) is 2.68. The molecular weight excluding hydrogens is 203 g/mol. The maximum Gasteiger partial charge on any atom is 0.340 e. The maximum atomic E-state index is 11.5. The van der Waals surface area contributed by atoms with Crippen molar-refractivity contribution in [1.82, 2.24) is 9.78 Å². The number of carbonyl (C=O) groups is 1. The molecule has 0 atom stereocenters. The molecule has 1 aromatic carbocycles. The minimum absolute atomic E-state index is 0.397. The van der Waals surface area contributed by atoms with E-state index in [9.17, 15) is 4.79 Å². The Balaban J connectivity index is 2.72. The van der Waals surface area contributed by atoms with E-state index in [1.807, 2.05) is 13.1 Å². The Hall–Kier alpha value is -1.78. The summed E-state index contributed by atoms with van der Waals surface area (Å²) in [6.45, 7) is 2.70. The fraction of sp³-hybridized carbons (Fsp3) is 0.273. The standard InChI is InChI=1S/C11H11BN2O2/c1-3-14-6-8-9(12)5-4-7(10(8)13-14)11(15)16-2/h4-6H,3H2,1-2H3. The number of aryl methyl sites for hydroxylation is 1. The molecule has 5 heteroatoms. The smallest absolute Gasteiger partial charge is 0.340 e. The highest BCUT2D eigenvalue weighted by atomic mass is 16.5. The number of esters is 1. The third-order valence-corrected chi connectivity index (χ3v) is 2.49. The molecule has 1 heterocycles. The number of hydrogen-bond acceptors (Lipinski definition) is 3. The Morgan fingerprint density at radius 3 is 2.94 bits per heavy atom. The first-order chi connectivity index (χ1) is 7.67. The second-order valence-corrected chi connectivity index (χ2v) is 3.44. The number of benzene rings is 1. The maximum absolute atomic E-state index is 11.5. The van der Waals surface area contributed by atoms with Crippen LogP contribution in [0.1, 0.15) is 17.3 Å². The van der Waals surface area contributed by atoms with Crippen molar-refractivity contribution < 1.29 is 9.53 Å². The van der Waals surface area contributed by atoms with Crippen LogP contribution in [0.3, 0.4) is 0 Å². The van der Waals surface area contributed by atoms with E-state index < -0.39 is 5.97 Å². The average molecular weight is 214 g/mol. The highest BCUT2D eigenvalue weighted by molar-refractivity contribution is 6.39. The normalized spacial score (nSPS) is 10.6. The van der Waals surface area contributed by atoms with Gasteiger partial charge in [-0.1, -0.05) is 11.5 Å². The molecule has 0 aliphatic heterocycles. The van der Waals surface area contributed by atoms with Gasteiger partial charge in [0.2, 0.25) is 0 Å². The molecule has 0 spiro atoms. The predicted octanol–water partition coefficient (Wildman–Crippen LogP) is 0.637. The van der Waals surface area contributed by atoms with Gasteiger partial charge in [-0.15, -0.1) is 0 Å². The summed E-state index contributed by atoms with van der Waals surface area (Å²) in [7, 11) is 7.18. The van der Waals surface area contributed by atoms with Crippen LogP contribution in [-0.2, 0) is 11.3 Å². The van der Waals surface area contributed by atoms with Gasteiger partial charge in [0.05, 0.1) is 12.7 Å². The van der Waals surface area contributed by atoms with E-state index in [1.54, 1.807) is 16.8 Å². The fourth-order valence-corrected chi connectivity index (χ4v) is 1.61. The van der Waals surface area contributed by atoms with Gasteiger partial charge in [0.1, 0.15) is 13.4 Å². The van der Waals surface area contributed by atoms with Crippen molar-refractivity contribution >= 4 is 30.2 Å². The van der Waals surface area contributed by atoms with Gasteiger partial charge < -0.3 is 4.74 Å². The van der Waals surface area contributed by atoms with Crippen LogP contribution in [0.4, 0.5) is 0 Å². The molecule has 0 N–H and O–H groups in total. The molecule has 0 unspecified atom stereocenters. The first-order valence-corrected chi connectivity index (χ1v) is 5.01. The van der Waals surface area contributed by atoms with E-state index in [0.717, 1.165) is 11.9 Å². The first kappa shape index (κ1) is 10.7. The van der Waals surface area contributed by atoms with Crippen molar-refractivity contribution in [1.29, 1.82) is 0 Å². The first-order valence-electron chi connectivity index (χ1n) is 5.01. The van der Waals surface area contributed by atoms with Crippen molar-refractivity contribution in [3.8, 4) is 0 Å². The number of hydrogen-bond donors (Lipinski definition) is 0. The van der Waals surface area contributed by atoms with Crippen molar-refractivity contribution in [2.24, 2.45) is 0 Å². The molecular formula is C11H11BN2O2. The molecule has 0 saturated carbocycles. The molecule has 0 bridgehead atoms. The molecule has 80 valence electrons. The molecule has 0 aliphatic rings. The van der Waals surface area contributed by atoms with Gasteiger partial charge in [-0.05, 0) is 13.0 Å². The second-order valence-electron chi connectivity index (χ2n) is 3.44. The van der Waals surface area contributed by atoms with Gasteiger partial charge in [0, 0.05) is 18.1 Å². The van der Waals surface area contributed by atoms with E-state index in [1.165, 1.54) is 7.11 Å². The number of nitrogens with zero attached hydrogens (tertiary/aromatic N) is 2. The Labute approximate surface area is 94.6 Å². The van der Waals surface area contributed by atoms with Gasteiger partial charge in [-0.3, -0.25) is 4.68 Å². The SMILES string of the molecule is [B]c1ccc(C(=O)OC)c2nn(CC)cc12. The largest absolute Gasteiger partial charge is 0.465 e. The number of carbonyl (C=O) groups excluding carboxylic acids is 1. The minimum Gasteiger partial charge on any atom is -0.465 e. The fourth-order valence-electron chi connectivity index (χ4n) is 1.61. The molecule has 0 saturated heterocycles. The Morgan fingerprint density at radius 2 is 2.31 bits per heavy atom. The van der Waals surface area contributed by atoms with Crippen LogP contribution in [0, 0.1) is 0 Å². The van der Waals surface area contributed by atoms with E-state index in [4.69, 9.17) is 12.6 Å². The zero-order valence-corrected chi connectivity index (χ0v) is 9.23. The zero-order valence-electron chi connectivity index (χ0n) is 9.23. The lowest BCUT2D eigenvalue weighted by atomic mass is 9.91. The van der Waals surface area contributed by atoms with E-state index >= 15 is 0 Å². The third kappa shape index (κ3) is 1.58. The van der Waals surface area contributed by atoms with Crippen molar-refractivity contribution in [2.45, 2.75) is 13.5 Å². The number of ether oxygens (including phenoxy) is 1. The van der Waals surface area contributed by atoms with Crippen LogP contribution in [-0.4, -0.2) is 30.7 Å². The van der Waals surface area contributed by atoms with Gasteiger partial charge in [-0.2, -0.15) is 5.10 Å². The van der Waals surface area contributed by atoms with Crippen LogP contribution < -0.4 is 5.46 Å². The molecule has 2 radical (unpaired) electrons. The third-order valence-electron chi connectivity index (χ3n) is 2.49. The molecule has 0 aliphatic carbocycles. The lowest BCUT2D eigenvalue weighted by molar-refractivity contribution is 0.0603. The lowest BCUT2D eigenvalue weighted by Crippen LogP contribution is -2.08. The number of methoxy groups -OCH3 is 1. The zero-order chi connectivity index (χ0) is 11.7. The number of rotatable bonds is 2. The van der Waals surface area contributed by atoms with Crippen LogP contribution >= 0.6 is 0 Å². The van der Waals surface area contributed by atoms with Crippen LogP contribution in [0.5, 0.6) is 0 Å². The molecule has 0 fully saturated rings. The van der Waals surface area contributed by atoms with Crippen LogP contribution in [0.15, 0.2) is 18.3 Å². The summed E-state index contributed by atoms with van der Waals surface area (Å²) in [5, 5.41) is 5.08. The molecule has 4 nitrogen and oxygen atoms in total. The van der Waals surface area contributed by atoms with E-state index in [0.29, 0.717) is 16.5 Å². The molecule has 1 aromatic heterocycles. The van der Waals surface area contributed by atoms with E-state index in [2.05, 4.69) is 5.10 Å². The van der Waals surface area contributed by atoms with Gasteiger partial charge >= 0.3 is 5.97 Å². The Bertz CT molecular complexity index is 548. The van der Waals surface area contributed by atoms with Crippen LogP contribution in [0.2, 0.25) is 0 Å². The summed E-state index contributed by atoms with van der Waals surface area (Å²) in [4.78, 5) is 11.5. The summed E-state index contributed by atoms with van der Waals surface area (Å²) in [6.07, 6.45) is 1.83. The van der Waals surface area contributed by atoms with Gasteiger partial charge in [0.25, 0.3) is 0 Å². The average Bonchev–Trinajstić information content (AvgIpc) is 2.73. The highest BCUT2D eigenvalue weighted by Crippen LogP contribution is 2.15. The molecule has 2 rings (SSSR count). The number of aromatic nitrogens is 2. The topological polar surface area (TPSA) is 44.1 Å². The summed E-state index contributed by atoms with van der Waals surface area (Å²) in [6, 6.07) is 3.33. The minimum atomic E-state index is -0.397. The van der Waals surface area contributed by atoms with Gasteiger partial charge in [0.15, 0.2) is 0 Å². The summed E-state index contributed by atoms with van der Waals surface area (Å²) in [5.41, 5.74) is 1.65. The quantitative estimate of drug-likeness (QED) is 0.544. The Morgan fingerprint density at radius 1 is 1.56 bits per heavy atom. The highest BCUT2D eigenvalue weighted by Gasteiger charge is 2.14. The van der Waals surface area contributed by atoms with Crippen molar-refractivity contribution in [3.05, 3.63) is 23.9 Å². The molecule has 2 aromatic rings. The monoisotopic (exact) mass is 214 g/mol. The lowest BCUT2D eigenvalue weighted by Gasteiger charge is -2.01. The van der Waals surface area contributed by atoms with Gasteiger partial charge in [-0.25, -0.2) is 4.79 Å². The van der Waals surface area contributed by atoms with Crippen LogP contribution in [0.25, 0.3) is 10.9 Å². The summed E-state index contributed by atoms with van der Waals surface area (Å²) in [5.74, 6) is -0.397. The van der Waals surface area contributed by atoms with E-state index in [-0.39, 0.29) is 0 Å². The number of fused-ring (bicyclic) bond motifs is 1.